The fourth-order valence-electron chi connectivity index (χ4n) is 2.44. The van der Waals surface area contributed by atoms with Gasteiger partial charge in [0.2, 0.25) is 0 Å². The highest BCUT2D eigenvalue weighted by molar-refractivity contribution is 7.49. The molecule has 0 aliphatic carbocycles. The molecule has 0 amide bonds. The van der Waals surface area contributed by atoms with Gasteiger partial charge in [0.15, 0.2) is 0 Å². The van der Waals surface area contributed by atoms with Crippen molar-refractivity contribution in [3.63, 3.8) is 0 Å². The van der Waals surface area contributed by atoms with E-state index in [4.69, 9.17) is 9.47 Å². The zero-order valence-electron chi connectivity index (χ0n) is 11.0. The van der Waals surface area contributed by atoms with Crippen LogP contribution in [0.25, 0.3) is 11.1 Å². The van der Waals surface area contributed by atoms with Gasteiger partial charge in [0.25, 0.3) is 0 Å². The molecule has 3 nitrogen and oxygen atoms in total. The lowest BCUT2D eigenvalue weighted by Crippen LogP contribution is -2.02. The van der Waals surface area contributed by atoms with Gasteiger partial charge in [-0.25, -0.2) is 0 Å². The first kappa shape index (κ1) is 12.3. The average Bonchev–Trinajstić information content (AvgIpc) is 2.94. The van der Waals surface area contributed by atoms with Gasteiger partial charge in [0.05, 0.1) is 19.8 Å². The van der Waals surface area contributed by atoms with Crippen LogP contribution >= 0.6 is 8.58 Å². The molecule has 1 atom stereocenters. The number of rotatable bonds is 3. The molecule has 2 aromatic carbocycles. The topological polar surface area (TPSA) is 30.5 Å². The summed E-state index contributed by atoms with van der Waals surface area (Å²) < 4.78 is 11.0. The van der Waals surface area contributed by atoms with Crippen molar-refractivity contribution < 1.29 is 9.47 Å². The van der Waals surface area contributed by atoms with Crippen LogP contribution in [0, 0.1) is 0 Å². The number of methoxy groups -OCH3 is 2. The minimum absolute atomic E-state index is 0.777. The number of nitrogens with one attached hydrogen (secondary N) is 1. The normalized spacial score (nSPS) is 14.0. The molecule has 0 aromatic heterocycles. The Kier molecular flexibility index (Phi) is 3.31. The van der Waals surface area contributed by atoms with E-state index < -0.39 is 0 Å². The third-order valence-corrected chi connectivity index (χ3v) is 4.55. The van der Waals surface area contributed by atoms with E-state index in [0.29, 0.717) is 0 Å². The molecule has 0 radical (unpaired) electrons. The van der Waals surface area contributed by atoms with E-state index in [2.05, 4.69) is 23.5 Å². The Labute approximate surface area is 114 Å². The molecule has 2 aromatic rings. The van der Waals surface area contributed by atoms with Crippen LogP contribution in [-0.4, -0.2) is 20.5 Å². The van der Waals surface area contributed by atoms with Gasteiger partial charge in [0.1, 0.15) is 11.5 Å². The molecule has 98 valence electrons. The minimum Gasteiger partial charge on any atom is -0.496 e. The van der Waals surface area contributed by atoms with Crippen LogP contribution in [0.2, 0.25) is 0 Å². The highest BCUT2D eigenvalue weighted by Crippen LogP contribution is 2.41. The summed E-state index contributed by atoms with van der Waals surface area (Å²) in [6.07, 6.45) is 1.02. The number of fused-ring (bicyclic) bond motifs is 1. The van der Waals surface area contributed by atoms with Crippen molar-refractivity contribution in [2.45, 2.75) is 0 Å². The molecule has 3 rings (SSSR count). The Morgan fingerprint density at radius 2 is 1.68 bits per heavy atom. The number of hydrogen-bond acceptors (Lipinski definition) is 3. The predicted molar refractivity (Wildman–Crippen MR) is 81.4 cm³/mol. The molecule has 0 saturated carbocycles. The molecular weight excluding hydrogens is 257 g/mol. The van der Waals surface area contributed by atoms with Crippen molar-refractivity contribution in [3.05, 3.63) is 36.4 Å². The molecule has 1 aliphatic rings. The molecule has 4 heteroatoms. The highest BCUT2D eigenvalue weighted by Gasteiger charge is 2.20. The summed E-state index contributed by atoms with van der Waals surface area (Å²) in [5.74, 6) is 1.70. The molecule has 19 heavy (non-hydrogen) atoms. The Morgan fingerprint density at radius 1 is 1.00 bits per heavy atom. The fourth-order valence-corrected chi connectivity index (χ4v) is 3.66. The summed E-state index contributed by atoms with van der Waals surface area (Å²) in [4.78, 5) is 0. The Bertz CT molecular complexity index is 591. The molecule has 0 bridgehead atoms. The zero-order chi connectivity index (χ0) is 13.2. The van der Waals surface area contributed by atoms with E-state index in [-0.39, 0.29) is 0 Å². The summed E-state index contributed by atoms with van der Waals surface area (Å²) in [5, 5.41) is 4.78. The van der Waals surface area contributed by atoms with Crippen molar-refractivity contribution in [3.8, 4) is 22.6 Å². The highest BCUT2D eigenvalue weighted by atomic mass is 31.1. The van der Waals surface area contributed by atoms with Crippen molar-refractivity contribution in [2.75, 3.05) is 25.8 Å². The summed E-state index contributed by atoms with van der Waals surface area (Å²) in [6, 6.07) is 12.2. The summed E-state index contributed by atoms with van der Waals surface area (Å²) in [5.41, 5.74) is 3.47. The fraction of sp³-hybridized carbons (Fsp3) is 0.200. The van der Waals surface area contributed by atoms with Crippen molar-refractivity contribution in [2.24, 2.45) is 0 Å². The van der Waals surface area contributed by atoms with E-state index >= 15 is 0 Å². The maximum Gasteiger partial charge on any atom is 0.130 e. The first-order chi connectivity index (χ1) is 9.35. The van der Waals surface area contributed by atoms with E-state index in [1.54, 1.807) is 14.2 Å². The third-order valence-electron chi connectivity index (χ3n) is 3.31. The van der Waals surface area contributed by atoms with Gasteiger partial charge < -0.3 is 14.8 Å². The molecular formula is C15H16NO2P. The first-order valence-electron chi connectivity index (χ1n) is 6.17. The smallest absolute Gasteiger partial charge is 0.130 e. The molecule has 0 spiro atoms. The maximum atomic E-state index is 5.50. The standard InChI is InChI=1S/C15H16NO2P/c1-17-12-7-4-8-13(18-2)14(12)10-5-3-6-11-15(10)19-9-16-11/h3-8,16,19H,9H2,1-2H3. The van der Waals surface area contributed by atoms with Crippen LogP contribution in [0.15, 0.2) is 36.4 Å². The Balaban J connectivity index is 2.25. The maximum absolute atomic E-state index is 5.50. The number of anilines is 1. The van der Waals surface area contributed by atoms with Crippen molar-refractivity contribution in [1.29, 1.82) is 0 Å². The summed E-state index contributed by atoms with van der Waals surface area (Å²) in [6.45, 7) is 0. The van der Waals surface area contributed by atoms with E-state index in [0.717, 1.165) is 31.9 Å². The van der Waals surface area contributed by atoms with Crippen LogP contribution in [0.3, 0.4) is 0 Å². The minimum atomic E-state index is 0.777. The van der Waals surface area contributed by atoms with Crippen LogP contribution in [0.5, 0.6) is 11.5 Å². The van der Waals surface area contributed by atoms with Gasteiger partial charge in [-0.15, -0.1) is 0 Å². The number of ether oxygens (including phenoxy) is 2. The lowest BCUT2D eigenvalue weighted by atomic mass is 10.0. The second kappa shape index (κ2) is 5.10. The van der Waals surface area contributed by atoms with Crippen LogP contribution in [-0.2, 0) is 0 Å². The second-order valence-electron chi connectivity index (χ2n) is 4.30. The van der Waals surface area contributed by atoms with E-state index in [9.17, 15) is 0 Å². The average molecular weight is 273 g/mol. The molecule has 1 heterocycles. The Morgan fingerprint density at radius 3 is 2.37 bits per heavy atom. The van der Waals surface area contributed by atoms with Gasteiger partial charge in [-0.3, -0.25) is 0 Å². The van der Waals surface area contributed by atoms with Crippen LogP contribution < -0.4 is 20.1 Å². The SMILES string of the molecule is COc1cccc(OC)c1-c1cccc2c1PCN2. The lowest BCUT2D eigenvalue weighted by molar-refractivity contribution is 0.397. The lowest BCUT2D eigenvalue weighted by Gasteiger charge is -2.15. The third kappa shape index (κ3) is 2.04. The number of hydrogen-bond donors (Lipinski definition) is 1. The summed E-state index contributed by atoms with van der Waals surface area (Å²) in [7, 11) is 4.17. The van der Waals surface area contributed by atoms with Crippen molar-refractivity contribution >= 4 is 19.6 Å². The van der Waals surface area contributed by atoms with Crippen LogP contribution in [0.4, 0.5) is 5.69 Å². The quantitative estimate of drug-likeness (QED) is 0.872. The van der Waals surface area contributed by atoms with Crippen LogP contribution in [0.1, 0.15) is 0 Å². The van der Waals surface area contributed by atoms with Gasteiger partial charge in [-0.1, -0.05) is 26.8 Å². The Hall–Kier alpha value is -1.73. The van der Waals surface area contributed by atoms with E-state index in [1.165, 1.54) is 16.6 Å². The monoisotopic (exact) mass is 273 g/mol. The molecule has 1 N–H and O–H groups in total. The van der Waals surface area contributed by atoms with Gasteiger partial charge in [-0.2, -0.15) is 0 Å². The predicted octanol–water partition coefficient (Wildman–Crippen LogP) is 3.06. The molecule has 0 fully saturated rings. The summed E-state index contributed by atoms with van der Waals surface area (Å²) >= 11 is 0. The second-order valence-corrected chi connectivity index (χ2v) is 5.50. The van der Waals surface area contributed by atoms with E-state index in [1.807, 2.05) is 18.2 Å². The van der Waals surface area contributed by atoms with Gasteiger partial charge in [-0.05, 0) is 23.8 Å². The largest absolute Gasteiger partial charge is 0.496 e. The first-order valence-corrected chi connectivity index (χ1v) is 7.38. The zero-order valence-corrected chi connectivity index (χ0v) is 12.0. The van der Waals surface area contributed by atoms with Gasteiger partial charge in [0, 0.05) is 17.3 Å². The van der Waals surface area contributed by atoms with Gasteiger partial charge >= 0.3 is 0 Å². The molecule has 1 unspecified atom stereocenters. The number of benzene rings is 2. The molecule has 1 aliphatic heterocycles. The molecule has 0 saturated heterocycles. The van der Waals surface area contributed by atoms with Crippen molar-refractivity contribution in [1.82, 2.24) is 0 Å².